The van der Waals surface area contributed by atoms with E-state index in [1.165, 1.54) is 22.9 Å². The highest BCUT2D eigenvalue weighted by molar-refractivity contribution is 7.89. The smallest absolute Gasteiger partial charge is 0.268 e. The molecule has 4 aromatic rings. The average Bonchev–Trinajstić information content (AvgIpc) is 3.05. The van der Waals surface area contributed by atoms with Crippen LogP contribution in [0.3, 0.4) is 0 Å². The molecule has 8 heteroatoms. The van der Waals surface area contributed by atoms with Crippen molar-refractivity contribution in [3.63, 3.8) is 0 Å². The van der Waals surface area contributed by atoms with Crippen LogP contribution in [0.5, 0.6) is 0 Å². The van der Waals surface area contributed by atoms with E-state index in [0.717, 1.165) is 11.1 Å². The van der Waals surface area contributed by atoms with Crippen molar-refractivity contribution in [2.24, 2.45) is 5.10 Å². The van der Waals surface area contributed by atoms with Crippen LogP contribution >= 0.6 is 11.6 Å². The van der Waals surface area contributed by atoms with Crippen LogP contribution in [-0.4, -0.2) is 25.1 Å². The molecule has 0 fully saturated rings. The number of sulfonamides is 1. The fourth-order valence-electron chi connectivity index (χ4n) is 3.42. The van der Waals surface area contributed by atoms with Crippen LogP contribution in [0.2, 0.25) is 5.15 Å². The largest absolute Gasteiger partial charge is 0.276 e. The topological polar surface area (TPSA) is 80.5 Å². The van der Waals surface area contributed by atoms with Crippen LogP contribution in [-0.2, 0) is 10.0 Å². The van der Waals surface area contributed by atoms with Crippen LogP contribution in [0, 0.1) is 13.8 Å². The van der Waals surface area contributed by atoms with Gasteiger partial charge in [-0.3, -0.25) is 9.36 Å². The Morgan fingerprint density at radius 3 is 2.34 bits per heavy atom. The van der Waals surface area contributed by atoms with E-state index in [1.54, 1.807) is 42.5 Å². The van der Waals surface area contributed by atoms with Crippen molar-refractivity contribution in [3.05, 3.63) is 100 Å². The molecule has 0 amide bonds. The summed E-state index contributed by atoms with van der Waals surface area (Å²) in [5, 5.41) is 4.74. The maximum absolute atomic E-state index is 13.3. The first-order valence-corrected chi connectivity index (χ1v) is 11.7. The summed E-state index contributed by atoms with van der Waals surface area (Å²) in [6, 6.07) is 20.9. The lowest BCUT2D eigenvalue weighted by Gasteiger charge is -2.08. The van der Waals surface area contributed by atoms with Gasteiger partial charge in [0.25, 0.3) is 15.9 Å². The molecule has 3 aromatic carbocycles. The fraction of sp³-hybridized carbons (Fsp3) is 0.0833. The highest BCUT2D eigenvalue weighted by Gasteiger charge is 2.21. The standard InChI is InChI=1S/C24H20ClN3O3S/c1-16-11-13-18(14-12-16)32(30,31)27-26-15-21-20-9-5-6-10-22(20)28(23(21)25)24(29)19-8-4-3-7-17(19)2/h3-15,27H,1-2H3/b26-15+. The number of benzene rings is 3. The number of nitrogens with zero attached hydrogens (tertiary/aromatic N) is 2. The van der Waals surface area contributed by atoms with E-state index in [0.29, 0.717) is 22.0 Å². The predicted octanol–water partition coefficient (Wildman–Crippen LogP) is 4.91. The minimum absolute atomic E-state index is 0.100. The van der Waals surface area contributed by atoms with Gasteiger partial charge in [0.15, 0.2) is 0 Å². The monoisotopic (exact) mass is 465 g/mol. The van der Waals surface area contributed by atoms with Crippen molar-refractivity contribution in [2.75, 3.05) is 0 Å². The minimum Gasteiger partial charge on any atom is -0.268 e. The molecular weight excluding hydrogens is 446 g/mol. The quantitative estimate of drug-likeness (QED) is 0.336. The first kappa shape index (κ1) is 21.8. The zero-order valence-electron chi connectivity index (χ0n) is 17.4. The molecule has 0 unspecified atom stereocenters. The van der Waals surface area contributed by atoms with E-state index in [-0.39, 0.29) is 16.0 Å². The van der Waals surface area contributed by atoms with Crippen molar-refractivity contribution >= 4 is 44.6 Å². The Hall–Kier alpha value is -3.42. The van der Waals surface area contributed by atoms with Gasteiger partial charge in [-0.05, 0) is 43.7 Å². The molecule has 0 atom stereocenters. The third-order valence-electron chi connectivity index (χ3n) is 5.13. The Bertz CT molecular complexity index is 1460. The number of nitrogens with one attached hydrogen (secondary N) is 1. The summed E-state index contributed by atoms with van der Waals surface area (Å²) in [4.78, 5) is 15.6. The van der Waals surface area contributed by atoms with Crippen molar-refractivity contribution in [3.8, 4) is 0 Å². The highest BCUT2D eigenvalue weighted by Crippen LogP contribution is 2.30. The minimum atomic E-state index is -3.84. The van der Waals surface area contributed by atoms with Crippen molar-refractivity contribution in [1.82, 2.24) is 9.40 Å². The zero-order chi connectivity index (χ0) is 22.9. The number of carbonyl (C=O) groups excluding carboxylic acids is 1. The van der Waals surface area contributed by atoms with Gasteiger partial charge >= 0.3 is 0 Å². The number of hydrazone groups is 1. The molecule has 1 heterocycles. The second-order valence-electron chi connectivity index (χ2n) is 7.34. The molecule has 6 nitrogen and oxygen atoms in total. The molecule has 4 rings (SSSR count). The first-order valence-electron chi connectivity index (χ1n) is 9.80. The lowest BCUT2D eigenvalue weighted by atomic mass is 10.1. The predicted molar refractivity (Wildman–Crippen MR) is 127 cm³/mol. The Balaban J connectivity index is 1.73. The lowest BCUT2D eigenvalue weighted by Crippen LogP contribution is -2.18. The van der Waals surface area contributed by atoms with Gasteiger partial charge in [0.05, 0.1) is 16.6 Å². The molecule has 1 aromatic heterocycles. The van der Waals surface area contributed by atoms with Crippen LogP contribution in [0.25, 0.3) is 10.9 Å². The van der Waals surface area contributed by atoms with E-state index >= 15 is 0 Å². The first-order chi connectivity index (χ1) is 15.3. The molecule has 0 saturated carbocycles. The number of hydrogen-bond acceptors (Lipinski definition) is 4. The van der Waals surface area contributed by atoms with Crippen LogP contribution in [0.4, 0.5) is 0 Å². The molecule has 0 aliphatic rings. The van der Waals surface area contributed by atoms with Crippen molar-refractivity contribution in [2.45, 2.75) is 18.7 Å². The molecule has 0 bridgehead atoms. The Morgan fingerprint density at radius 2 is 1.62 bits per heavy atom. The number of aryl methyl sites for hydroxylation is 2. The Labute approximate surface area is 191 Å². The number of aromatic nitrogens is 1. The molecular formula is C24H20ClN3O3S. The number of rotatable bonds is 5. The van der Waals surface area contributed by atoms with E-state index in [4.69, 9.17) is 11.6 Å². The molecule has 162 valence electrons. The molecule has 0 radical (unpaired) electrons. The van der Waals surface area contributed by atoms with Gasteiger partial charge in [-0.25, -0.2) is 4.83 Å². The van der Waals surface area contributed by atoms with Crippen molar-refractivity contribution in [1.29, 1.82) is 0 Å². The van der Waals surface area contributed by atoms with Crippen LogP contribution in [0.1, 0.15) is 27.0 Å². The van der Waals surface area contributed by atoms with Crippen LogP contribution in [0.15, 0.2) is 82.8 Å². The number of para-hydroxylation sites is 1. The normalized spacial score (nSPS) is 11.8. The third-order valence-corrected chi connectivity index (χ3v) is 6.74. The second kappa shape index (κ2) is 8.61. The molecule has 0 aliphatic carbocycles. The molecule has 0 saturated heterocycles. The average molecular weight is 466 g/mol. The van der Waals surface area contributed by atoms with Gasteiger partial charge < -0.3 is 0 Å². The molecule has 0 spiro atoms. The second-order valence-corrected chi connectivity index (χ2v) is 9.36. The van der Waals surface area contributed by atoms with Gasteiger partial charge in [-0.1, -0.05) is 65.7 Å². The summed E-state index contributed by atoms with van der Waals surface area (Å²) in [5.41, 5.74) is 3.35. The van der Waals surface area contributed by atoms with E-state index < -0.39 is 10.0 Å². The van der Waals surface area contributed by atoms with Gasteiger partial charge in [-0.2, -0.15) is 13.5 Å². The van der Waals surface area contributed by atoms with Gasteiger partial charge in [0.2, 0.25) is 0 Å². The van der Waals surface area contributed by atoms with E-state index in [2.05, 4.69) is 9.93 Å². The zero-order valence-corrected chi connectivity index (χ0v) is 19.0. The Morgan fingerprint density at radius 1 is 0.969 bits per heavy atom. The summed E-state index contributed by atoms with van der Waals surface area (Å²) in [5.74, 6) is -0.274. The summed E-state index contributed by atoms with van der Waals surface area (Å²) < 4.78 is 26.4. The fourth-order valence-corrected chi connectivity index (χ4v) is 4.53. The van der Waals surface area contributed by atoms with Crippen LogP contribution < -0.4 is 4.83 Å². The Kier molecular flexibility index (Phi) is 5.86. The number of fused-ring (bicyclic) bond motifs is 1. The number of halogens is 1. The summed E-state index contributed by atoms with van der Waals surface area (Å²) >= 11 is 6.61. The third kappa shape index (κ3) is 4.04. The SMILES string of the molecule is Cc1ccc(S(=O)(=O)N/N=C/c2c(Cl)n(C(=O)c3ccccc3C)c3ccccc23)cc1. The maximum atomic E-state index is 13.3. The highest BCUT2D eigenvalue weighted by atomic mass is 35.5. The van der Waals surface area contributed by atoms with Crippen molar-refractivity contribution < 1.29 is 13.2 Å². The maximum Gasteiger partial charge on any atom is 0.276 e. The summed E-state index contributed by atoms with van der Waals surface area (Å²) in [6.45, 7) is 3.73. The van der Waals surface area contributed by atoms with E-state index in [9.17, 15) is 13.2 Å². The van der Waals surface area contributed by atoms with Gasteiger partial charge in [0, 0.05) is 16.5 Å². The summed E-state index contributed by atoms with van der Waals surface area (Å²) in [7, 11) is -3.84. The van der Waals surface area contributed by atoms with E-state index in [1.807, 2.05) is 32.0 Å². The van der Waals surface area contributed by atoms with Gasteiger partial charge in [-0.15, -0.1) is 0 Å². The molecule has 1 N–H and O–H groups in total. The van der Waals surface area contributed by atoms with Gasteiger partial charge in [0.1, 0.15) is 5.15 Å². The lowest BCUT2D eigenvalue weighted by molar-refractivity contribution is 0.0964. The number of carbonyl (C=O) groups is 1. The molecule has 32 heavy (non-hydrogen) atoms. The number of hydrogen-bond donors (Lipinski definition) is 1. The molecule has 0 aliphatic heterocycles. The summed E-state index contributed by atoms with van der Waals surface area (Å²) in [6.07, 6.45) is 1.32.